The van der Waals surface area contributed by atoms with Crippen LogP contribution in [0, 0.1) is 23.7 Å². The first kappa shape index (κ1) is 19.3. The van der Waals surface area contributed by atoms with Crippen molar-refractivity contribution < 1.29 is 4.74 Å². The number of aryl methyl sites for hydroxylation is 1. The van der Waals surface area contributed by atoms with Gasteiger partial charge in [-0.3, -0.25) is 0 Å². The Kier molecular flexibility index (Phi) is 8.15. The molecular weight excluding hydrogens is 292 g/mol. The van der Waals surface area contributed by atoms with E-state index < -0.39 is 0 Å². The van der Waals surface area contributed by atoms with E-state index in [1.165, 1.54) is 63.4 Å². The molecule has 0 spiro atoms. The van der Waals surface area contributed by atoms with Crippen molar-refractivity contribution in [2.75, 3.05) is 7.11 Å². The third kappa shape index (κ3) is 6.15. The van der Waals surface area contributed by atoms with E-state index in [9.17, 15) is 0 Å². The molecule has 1 saturated carbocycles. The topological polar surface area (TPSA) is 9.23 Å². The van der Waals surface area contributed by atoms with E-state index in [0.717, 1.165) is 29.4 Å². The van der Waals surface area contributed by atoms with Crippen LogP contribution in [-0.4, -0.2) is 7.11 Å². The Balaban J connectivity index is 1.71. The molecule has 0 heterocycles. The van der Waals surface area contributed by atoms with Crippen molar-refractivity contribution in [3.05, 3.63) is 29.8 Å². The number of rotatable bonds is 9. The Morgan fingerprint density at radius 1 is 1.00 bits per heavy atom. The molecular formula is C23H38O. The molecule has 1 aliphatic rings. The zero-order chi connectivity index (χ0) is 17.4. The van der Waals surface area contributed by atoms with E-state index in [4.69, 9.17) is 4.74 Å². The van der Waals surface area contributed by atoms with E-state index >= 15 is 0 Å². The lowest BCUT2D eigenvalue weighted by molar-refractivity contribution is 0.180. The van der Waals surface area contributed by atoms with Crippen LogP contribution in [0.2, 0.25) is 0 Å². The van der Waals surface area contributed by atoms with Crippen LogP contribution in [0.5, 0.6) is 5.75 Å². The maximum atomic E-state index is 5.24. The van der Waals surface area contributed by atoms with Gasteiger partial charge in [-0.1, -0.05) is 58.6 Å². The summed E-state index contributed by atoms with van der Waals surface area (Å²) in [5, 5.41) is 0. The van der Waals surface area contributed by atoms with Crippen molar-refractivity contribution in [2.45, 2.75) is 78.6 Å². The highest BCUT2D eigenvalue weighted by atomic mass is 16.5. The molecule has 1 aromatic carbocycles. The summed E-state index contributed by atoms with van der Waals surface area (Å²) >= 11 is 0. The predicted molar refractivity (Wildman–Crippen MR) is 105 cm³/mol. The summed E-state index contributed by atoms with van der Waals surface area (Å²) in [7, 11) is 1.73. The number of hydrogen-bond donors (Lipinski definition) is 0. The average molecular weight is 331 g/mol. The summed E-state index contributed by atoms with van der Waals surface area (Å²) in [6.07, 6.45) is 12.7. The summed E-state index contributed by atoms with van der Waals surface area (Å²) < 4.78 is 5.24. The normalized spacial score (nSPS) is 22.5. The quantitative estimate of drug-likeness (QED) is 0.478. The minimum absolute atomic E-state index is 0.861. The minimum atomic E-state index is 0.861. The van der Waals surface area contributed by atoms with Gasteiger partial charge in [-0.05, 0) is 73.5 Å². The molecule has 0 bridgehead atoms. The third-order valence-electron chi connectivity index (χ3n) is 6.20. The SMILES string of the molecule is CCC(CCC(C)C)C1CCC(CCc2ccc(OC)cc2)CC1. The molecule has 0 amide bonds. The van der Waals surface area contributed by atoms with Gasteiger partial charge in [0.05, 0.1) is 7.11 Å². The first-order valence-corrected chi connectivity index (χ1v) is 10.2. The molecule has 136 valence electrons. The van der Waals surface area contributed by atoms with Crippen molar-refractivity contribution >= 4 is 0 Å². The Labute approximate surface area is 150 Å². The van der Waals surface area contributed by atoms with Crippen molar-refractivity contribution in [3.63, 3.8) is 0 Å². The smallest absolute Gasteiger partial charge is 0.118 e. The van der Waals surface area contributed by atoms with Crippen LogP contribution >= 0.6 is 0 Å². The van der Waals surface area contributed by atoms with Crippen LogP contribution in [0.25, 0.3) is 0 Å². The standard InChI is InChI=1S/C23H38O/c1-5-21(13-6-18(2)3)22-14-9-19(10-15-22)7-8-20-11-16-23(24-4)17-12-20/h11-12,16-19,21-22H,5-10,13-15H2,1-4H3. The van der Waals surface area contributed by atoms with E-state index in [1.807, 2.05) is 0 Å². The van der Waals surface area contributed by atoms with E-state index in [1.54, 1.807) is 7.11 Å². The largest absolute Gasteiger partial charge is 0.497 e. The molecule has 24 heavy (non-hydrogen) atoms. The summed E-state index contributed by atoms with van der Waals surface area (Å²) in [4.78, 5) is 0. The third-order valence-corrected chi connectivity index (χ3v) is 6.20. The van der Waals surface area contributed by atoms with Crippen LogP contribution < -0.4 is 4.74 Å². The lowest BCUT2D eigenvalue weighted by Gasteiger charge is -2.34. The Morgan fingerprint density at radius 2 is 1.67 bits per heavy atom. The predicted octanol–water partition coefficient (Wildman–Crippen LogP) is 6.90. The first-order chi connectivity index (χ1) is 11.6. The molecule has 0 saturated heterocycles. The fourth-order valence-electron chi connectivity index (χ4n) is 4.43. The summed E-state index contributed by atoms with van der Waals surface area (Å²) in [5.41, 5.74) is 1.46. The Bertz CT molecular complexity index is 440. The van der Waals surface area contributed by atoms with Crippen molar-refractivity contribution in [1.82, 2.24) is 0 Å². The van der Waals surface area contributed by atoms with Gasteiger partial charge >= 0.3 is 0 Å². The van der Waals surface area contributed by atoms with Gasteiger partial charge < -0.3 is 4.74 Å². The molecule has 2 rings (SSSR count). The Hall–Kier alpha value is -0.980. The lowest BCUT2D eigenvalue weighted by Crippen LogP contribution is -2.22. The Morgan fingerprint density at radius 3 is 2.21 bits per heavy atom. The van der Waals surface area contributed by atoms with Gasteiger partial charge in [0, 0.05) is 0 Å². The molecule has 0 aliphatic heterocycles. The molecule has 0 N–H and O–H groups in total. The fourth-order valence-corrected chi connectivity index (χ4v) is 4.43. The first-order valence-electron chi connectivity index (χ1n) is 10.2. The molecule has 0 radical (unpaired) electrons. The van der Waals surface area contributed by atoms with Crippen LogP contribution in [0.15, 0.2) is 24.3 Å². The van der Waals surface area contributed by atoms with Gasteiger partial charge in [-0.2, -0.15) is 0 Å². The maximum absolute atomic E-state index is 5.24. The van der Waals surface area contributed by atoms with Gasteiger partial charge in [-0.25, -0.2) is 0 Å². The highest BCUT2D eigenvalue weighted by molar-refractivity contribution is 5.27. The van der Waals surface area contributed by atoms with Gasteiger partial charge in [-0.15, -0.1) is 0 Å². The van der Waals surface area contributed by atoms with Crippen molar-refractivity contribution in [2.24, 2.45) is 23.7 Å². The number of ether oxygens (including phenoxy) is 1. The van der Waals surface area contributed by atoms with Gasteiger partial charge in [0.15, 0.2) is 0 Å². The van der Waals surface area contributed by atoms with Gasteiger partial charge in [0.2, 0.25) is 0 Å². The summed E-state index contributed by atoms with van der Waals surface area (Å²) in [5.74, 6) is 4.76. The van der Waals surface area contributed by atoms with E-state index in [2.05, 4.69) is 45.0 Å². The second-order valence-electron chi connectivity index (χ2n) is 8.31. The zero-order valence-electron chi connectivity index (χ0n) is 16.4. The molecule has 1 atom stereocenters. The highest BCUT2D eigenvalue weighted by Crippen LogP contribution is 2.38. The van der Waals surface area contributed by atoms with Crippen molar-refractivity contribution in [3.8, 4) is 5.75 Å². The number of benzene rings is 1. The molecule has 1 fully saturated rings. The molecule has 1 nitrogen and oxygen atoms in total. The summed E-state index contributed by atoms with van der Waals surface area (Å²) in [6.45, 7) is 7.13. The molecule has 1 aromatic rings. The molecule has 1 heteroatoms. The van der Waals surface area contributed by atoms with E-state index in [0.29, 0.717) is 0 Å². The second kappa shape index (κ2) is 10.1. The van der Waals surface area contributed by atoms with Crippen molar-refractivity contribution in [1.29, 1.82) is 0 Å². The van der Waals surface area contributed by atoms with Gasteiger partial charge in [0.25, 0.3) is 0 Å². The van der Waals surface area contributed by atoms with E-state index in [-0.39, 0.29) is 0 Å². The minimum Gasteiger partial charge on any atom is -0.497 e. The average Bonchev–Trinajstić information content (AvgIpc) is 2.61. The van der Waals surface area contributed by atoms with Crippen LogP contribution in [0.3, 0.4) is 0 Å². The molecule has 1 aliphatic carbocycles. The zero-order valence-corrected chi connectivity index (χ0v) is 16.4. The maximum Gasteiger partial charge on any atom is 0.118 e. The van der Waals surface area contributed by atoms with Crippen LogP contribution in [0.4, 0.5) is 0 Å². The van der Waals surface area contributed by atoms with Crippen LogP contribution in [0.1, 0.15) is 77.7 Å². The van der Waals surface area contributed by atoms with Gasteiger partial charge in [0.1, 0.15) is 5.75 Å². The monoisotopic (exact) mass is 330 g/mol. The highest BCUT2D eigenvalue weighted by Gasteiger charge is 2.26. The van der Waals surface area contributed by atoms with Crippen LogP contribution in [-0.2, 0) is 6.42 Å². The fraction of sp³-hybridized carbons (Fsp3) is 0.739. The number of hydrogen-bond acceptors (Lipinski definition) is 1. The molecule has 1 unspecified atom stereocenters. The lowest BCUT2D eigenvalue weighted by atomic mass is 9.72. The molecule has 0 aromatic heterocycles. The number of methoxy groups -OCH3 is 1. The second-order valence-corrected chi connectivity index (χ2v) is 8.31. The summed E-state index contributed by atoms with van der Waals surface area (Å²) in [6, 6.07) is 8.63.